The van der Waals surface area contributed by atoms with Crippen LogP contribution in [0.3, 0.4) is 0 Å². The van der Waals surface area contributed by atoms with Crippen LogP contribution in [0.25, 0.3) is 0 Å². The molecule has 1 atom stereocenters. The number of rotatable bonds is 6. The van der Waals surface area contributed by atoms with Crippen LogP contribution in [0.2, 0.25) is 0 Å². The number of pyridine rings is 1. The zero-order valence-corrected chi connectivity index (χ0v) is 19.0. The average molecular weight is 479 g/mol. The number of carbonyl (C=O) groups excluding carboxylic acids is 2. The molecular weight excluding hydrogens is 453 g/mol. The maximum Gasteiger partial charge on any atom is 0.446 e. The highest BCUT2D eigenvalue weighted by molar-refractivity contribution is 8.00. The number of nitrogens with one attached hydrogen (secondary N) is 1. The molecule has 176 valence electrons. The minimum Gasteiger partial charge on any atom is -0.367 e. The summed E-state index contributed by atoms with van der Waals surface area (Å²) < 4.78 is 37.7. The second-order valence-corrected chi connectivity index (χ2v) is 9.47. The van der Waals surface area contributed by atoms with Gasteiger partial charge in [0.05, 0.1) is 5.69 Å². The van der Waals surface area contributed by atoms with E-state index in [1.807, 2.05) is 12.1 Å². The van der Waals surface area contributed by atoms with Crippen molar-refractivity contribution in [3.8, 4) is 0 Å². The second kappa shape index (κ2) is 9.62. The molecule has 2 aromatic rings. The van der Waals surface area contributed by atoms with Gasteiger partial charge in [-0.1, -0.05) is 19.3 Å². The number of thioether (sulfide) groups is 1. The molecule has 1 saturated heterocycles. The van der Waals surface area contributed by atoms with Gasteiger partial charge in [0.1, 0.15) is 11.9 Å². The molecule has 1 aromatic heterocycles. The highest BCUT2D eigenvalue weighted by atomic mass is 32.2. The van der Waals surface area contributed by atoms with E-state index in [-0.39, 0.29) is 28.9 Å². The summed E-state index contributed by atoms with van der Waals surface area (Å²) in [5, 5.41) is 3.46. The average Bonchev–Trinajstić information content (AvgIpc) is 2.98. The molecule has 4 rings (SSSR count). The van der Waals surface area contributed by atoms with E-state index in [1.54, 1.807) is 13.1 Å². The van der Waals surface area contributed by atoms with Gasteiger partial charge in [0.15, 0.2) is 0 Å². The van der Waals surface area contributed by atoms with E-state index in [4.69, 9.17) is 0 Å². The van der Waals surface area contributed by atoms with Crippen LogP contribution < -0.4 is 10.2 Å². The van der Waals surface area contributed by atoms with Crippen LogP contribution in [0.15, 0.2) is 47.5 Å². The second-order valence-electron chi connectivity index (χ2n) is 8.33. The Bertz CT molecular complexity index is 1010. The number of carbonyl (C=O) groups is 2. The Balaban J connectivity index is 1.46. The number of aromatic nitrogens is 1. The topological polar surface area (TPSA) is 65.5 Å². The number of urea groups is 1. The molecule has 10 heteroatoms. The Morgan fingerprint density at radius 2 is 1.79 bits per heavy atom. The van der Waals surface area contributed by atoms with E-state index < -0.39 is 23.5 Å². The van der Waals surface area contributed by atoms with Crippen molar-refractivity contribution in [3.63, 3.8) is 0 Å². The summed E-state index contributed by atoms with van der Waals surface area (Å²) in [5.41, 5.74) is -3.31. The third kappa shape index (κ3) is 5.61. The molecule has 2 heterocycles. The maximum atomic E-state index is 13.1. The number of anilines is 2. The number of hydrogen-bond acceptors (Lipinski definition) is 5. The quantitative estimate of drug-likeness (QED) is 0.420. The highest BCUT2D eigenvalue weighted by Crippen LogP contribution is 2.38. The fourth-order valence-electron chi connectivity index (χ4n) is 4.25. The third-order valence-electron chi connectivity index (χ3n) is 5.95. The lowest BCUT2D eigenvalue weighted by atomic mass is 9.95. The first kappa shape index (κ1) is 23.4. The van der Waals surface area contributed by atoms with Crippen molar-refractivity contribution in [2.24, 2.45) is 0 Å². The van der Waals surface area contributed by atoms with Crippen molar-refractivity contribution in [1.29, 1.82) is 0 Å². The SMILES string of the molecule is CC1C(=O)N(c2ccc(SC(F)(F)F)cc2)C(=O)N1Cc1ccnc(NC2CCCCC2)c1. The Kier molecular flexibility index (Phi) is 6.83. The van der Waals surface area contributed by atoms with Crippen LogP contribution in [0.1, 0.15) is 44.6 Å². The standard InChI is InChI=1S/C23H25F3N4O2S/c1-15-21(31)30(18-7-9-19(10-8-18)33-23(24,25)26)22(32)29(15)14-16-11-12-27-20(13-16)28-17-5-3-2-4-6-17/h7-13,15,17H,2-6,14H2,1H3,(H,27,28). The lowest BCUT2D eigenvalue weighted by molar-refractivity contribution is -0.119. The van der Waals surface area contributed by atoms with E-state index in [2.05, 4.69) is 10.3 Å². The molecule has 1 aliphatic carbocycles. The summed E-state index contributed by atoms with van der Waals surface area (Å²) in [6, 6.07) is 8.14. The van der Waals surface area contributed by atoms with Gasteiger partial charge in [0.2, 0.25) is 0 Å². The zero-order valence-electron chi connectivity index (χ0n) is 18.1. The molecule has 2 fully saturated rings. The van der Waals surface area contributed by atoms with Crippen molar-refractivity contribution < 1.29 is 22.8 Å². The van der Waals surface area contributed by atoms with Gasteiger partial charge in [-0.15, -0.1) is 0 Å². The summed E-state index contributed by atoms with van der Waals surface area (Å²) in [6.07, 6.45) is 7.56. The van der Waals surface area contributed by atoms with Gasteiger partial charge < -0.3 is 10.2 Å². The van der Waals surface area contributed by atoms with Crippen molar-refractivity contribution in [1.82, 2.24) is 9.88 Å². The minimum absolute atomic E-state index is 0.00923. The van der Waals surface area contributed by atoms with Gasteiger partial charge >= 0.3 is 11.5 Å². The predicted molar refractivity (Wildman–Crippen MR) is 121 cm³/mol. The molecule has 33 heavy (non-hydrogen) atoms. The molecule has 1 N–H and O–H groups in total. The maximum absolute atomic E-state index is 13.1. The van der Waals surface area contributed by atoms with E-state index >= 15 is 0 Å². The van der Waals surface area contributed by atoms with Crippen LogP contribution in [0.5, 0.6) is 0 Å². The zero-order chi connectivity index (χ0) is 23.6. The fraction of sp³-hybridized carbons (Fsp3) is 0.435. The summed E-state index contributed by atoms with van der Waals surface area (Å²) in [6.45, 7) is 1.88. The first-order valence-corrected chi connectivity index (χ1v) is 11.7. The van der Waals surface area contributed by atoms with Crippen LogP contribution in [-0.2, 0) is 11.3 Å². The molecule has 0 radical (unpaired) electrons. The molecule has 1 saturated carbocycles. The molecule has 1 aliphatic heterocycles. The first-order chi connectivity index (χ1) is 15.7. The van der Waals surface area contributed by atoms with Gasteiger partial charge in [-0.05, 0) is 73.5 Å². The molecule has 1 unspecified atom stereocenters. The van der Waals surface area contributed by atoms with Gasteiger partial charge in [-0.3, -0.25) is 4.79 Å². The lowest BCUT2D eigenvalue weighted by Gasteiger charge is -2.24. The summed E-state index contributed by atoms with van der Waals surface area (Å²) in [7, 11) is 0. The summed E-state index contributed by atoms with van der Waals surface area (Å²) >= 11 is -0.241. The summed E-state index contributed by atoms with van der Waals surface area (Å²) in [5.74, 6) is 0.338. The smallest absolute Gasteiger partial charge is 0.367 e. The minimum atomic E-state index is -4.40. The molecule has 0 spiro atoms. The van der Waals surface area contributed by atoms with Gasteiger partial charge in [-0.2, -0.15) is 13.2 Å². The highest BCUT2D eigenvalue weighted by Gasteiger charge is 2.43. The van der Waals surface area contributed by atoms with Gasteiger partial charge in [0, 0.05) is 23.7 Å². The number of alkyl halides is 3. The monoisotopic (exact) mass is 478 g/mol. The Hall–Kier alpha value is -2.75. The van der Waals surface area contributed by atoms with E-state index in [0.29, 0.717) is 6.04 Å². The number of benzene rings is 1. The molecular formula is C23H25F3N4O2S. The molecule has 2 aliphatic rings. The number of nitrogens with zero attached hydrogens (tertiary/aromatic N) is 3. The van der Waals surface area contributed by atoms with E-state index in [9.17, 15) is 22.8 Å². The van der Waals surface area contributed by atoms with Gasteiger partial charge in [0.25, 0.3) is 5.91 Å². The van der Waals surface area contributed by atoms with Crippen molar-refractivity contribution in [2.75, 3.05) is 10.2 Å². The number of imide groups is 1. The number of halogens is 3. The first-order valence-electron chi connectivity index (χ1n) is 10.9. The summed E-state index contributed by atoms with van der Waals surface area (Å²) in [4.78, 5) is 32.7. The Labute approximate surface area is 194 Å². The lowest BCUT2D eigenvalue weighted by Crippen LogP contribution is -2.33. The molecule has 6 nitrogen and oxygen atoms in total. The Morgan fingerprint density at radius 3 is 2.45 bits per heavy atom. The largest absolute Gasteiger partial charge is 0.446 e. The van der Waals surface area contributed by atoms with Crippen LogP contribution in [0.4, 0.5) is 29.5 Å². The van der Waals surface area contributed by atoms with Crippen LogP contribution in [0, 0.1) is 0 Å². The van der Waals surface area contributed by atoms with E-state index in [0.717, 1.165) is 29.1 Å². The van der Waals surface area contributed by atoms with Crippen LogP contribution in [-0.4, -0.2) is 39.4 Å². The molecule has 1 aromatic carbocycles. The van der Waals surface area contributed by atoms with Gasteiger partial charge in [-0.25, -0.2) is 14.7 Å². The number of amides is 3. The number of hydrogen-bond donors (Lipinski definition) is 1. The van der Waals surface area contributed by atoms with Crippen molar-refractivity contribution in [2.45, 2.75) is 68.1 Å². The normalized spacial score (nSPS) is 19.9. The molecule has 3 amide bonds. The molecule has 0 bridgehead atoms. The van der Waals surface area contributed by atoms with Crippen molar-refractivity contribution >= 4 is 35.2 Å². The van der Waals surface area contributed by atoms with Crippen LogP contribution >= 0.6 is 11.8 Å². The Morgan fingerprint density at radius 1 is 1.09 bits per heavy atom. The predicted octanol–water partition coefficient (Wildman–Crippen LogP) is 5.80. The van der Waals surface area contributed by atoms with Crippen molar-refractivity contribution in [3.05, 3.63) is 48.2 Å². The van der Waals surface area contributed by atoms with E-state index in [1.165, 1.54) is 48.4 Å². The fourth-order valence-corrected chi connectivity index (χ4v) is 4.79. The third-order valence-corrected chi connectivity index (χ3v) is 6.68.